The largest absolute Gasteiger partial charge is 0.338 e. The van der Waals surface area contributed by atoms with Crippen LogP contribution in [-0.4, -0.2) is 22.1 Å². The summed E-state index contributed by atoms with van der Waals surface area (Å²) in [7, 11) is 0. The van der Waals surface area contributed by atoms with Gasteiger partial charge in [0.05, 0.1) is 17.4 Å². The summed E-state index contributed by atoms with van der Waals surface area (Å²) in [5.41, 5.74) is 4.05. The number of carbonyl (C=O) groups excluding carboxylic acids is 1. The van der Waals surface area contributed by atoms with Crippen LogP contribution in [0, 0.1) is 6.92 Å². The molecule has 0 radical (unpaired) electrons. The molecule has 2 aromatic carbocycles. The summed E-state index contributed by atoms with van der Waals surface area (Å²) < 4.78 is 2.11. The summed E-state index contributed by atoms with van der Waals surface area (Å²) in [4.78, 5) is 16.2. The molecule has 3 rings (SSSR count). The molecule has 0 aliphatic rings. The standard InChI is InChI=1S/C18H20N4O/c1-14-6-4-7-15(12-14)21-18(23)19-10-5-11-22-13-20-16-8-2-3-9-17(16)22/h2-4,6-9,12-13H,5,10-11H2,1H3,(H2,19,21,23). The molecule has 118 valence electrons. The molecule has 1 aromatic heterocycles. The number of benzene rings is 2. The number of aromatic nitrogens is 2. The number of carbonyl (C=O) groups is 1. The van der Waals surface area contributed by atoms with Gasteiger partial charge >= 0.3 is 6.03 Å². The number of imidazole rings is 1. The second kappa shape index (κ2) is 6.96. The van der Waals surface area contributed by atoms with Gasteiger partial charge in [0.1, 0.15) is 0 Å². The molecule has 2 amide bonds. The van der Waals surface area contributed by atoms with Crippen LogP contribution >= 0.6 is 0 Å². The number of rotatable bonds is 5. The van der Waals surface area contributed by atoms with Crippen molar-refractivity contribution in [2.75, 3.05) is 11.9 Å². The molecule has 0 bridgehead atoms. The van der Waals surface area contributed by atoms with E-state index in [0.717, 1.165) is 35.2 Å². The molecule has 23 heavy (non-hydrogen) atoms. The van der Waals surface area contributed by atoms with E-state index >= 15 is 0 Å². The number of nitrogens with one attached hydrogen (secondary N) is 2. The number of hydrogen-bond acceptors (Lipinski definition) is 2. The van der Waals surface area contributed by atoms with E-state index in [-0.39, 0.29) is 6.03 Å². The molecule has 1 heterocycles. The molecule has 0 spiro atoms. The second-order valence-corrected chi connectivity index (χ2v) is 5.53. The van der Waals surface area contributed by atoms with Gasteiger partial charge in [-0.05, 0) is 43.2 Å². The van der Waals surface area contributed by atoms with Crippen LogP contribution in [-0.2, 0) is 6.54 Å². The molecule has 0 unspecified atom stereocenters. The number of para-hydroxylation sites is 2. The molecule has 0 aliphatic heterocycles. The minimum Gasteiger partial charge on any atom is -0.338 e. The van der Waals surface area contributed by atoms with Crippen LogP contribution in [0.4, 0.5) is 10.5 Å². The molecule has 0 saturated heterocycles. The Labute approximate surface area is 135 Å². The van der Waals surface area contributed by atoms with Crippen molar-refractivity contribution in [2.24, 2.45) is 0 Å². The fraction of sp³-hybridized carbons (Fsp3) is 0.222. The Kier molecular flexibility index (Phi) is 4.57. The van der Waals surface area contributed by atoms with Crippen molar-refractivity contribution >= 4 is 22.8 Å². The topological polar surface area (TPSA) is 59.0 Å². The fourth-order valence-corrected chi connectivity index (χ4v) is 2.54. The molecule has 0 saturated carbocycles. The lowest BCUT2D eigenvalue weighted by molar-refractivity contribution is 0.252. The summed E-state index contributed by atoms with van der Waals surface area (Å²) in [5.74, 6) is 0. The van der Waals surface area contributed by atoms with Crippen LogP contribution in [0.5, 0.6) is 0 Å². The zero-order valence-electron chi connectivity index (χ0n) is 13.1. The number of urea groups is 1. The third-order valence-corrected chi connectivity index (χ3v) is 3.66. The van der Waals surface area contributed by atoms with Gasteiger partial charge < -0.3 is 15.2 Å². The summed E-state index contributed by atoms with van der Waals surface area (Å²) in [6.07, 6.45) is 2.69. The smallest absolute Gasteiger partial charge is 0.319 e. The maximum atomic E-state index is 11.9. The van der Waals surface area contributed by atoms with Crippen molar-refractivity contribution < 1.29 is 4.79 Å². The first-order valence-corrected chi connectivity index (χ1v) is 7.74. The van der Waals surface area contributed by atoms with Gasteiger partial charge in [-0.3, -0.25) is 0 Å². The molecule has 3 aromatic rings. The van der Waals surface area contributed by atoms with Crippen molar-refractivity contribution in [2.45, 2.75) is 19.9 Å². The van der Waals surface area contributed by atoms with Crippen molar-refractivity contribution in [3.8, 4) is 0 Å². The van der Waals surface area contributed by atoms with Gasteiger partial charge in [0.2, 0.25) is 0 Å². The normalized spacial score (nSPS) is 10.7. The third-order valence-electron chi connectivity index (χ3n) is 3.66. The minimum absolute atomic E-state index is 0.175. The predicted molar refractivity (Wildman–Crippen MR) is 92.6 cm³/mol. The first-order chi connectivity index (χ1) is 11.2. The lowest BCUT2D eigenvalue weighted by Gasteiger charge is -2.09. The SMILES string of the molecule is Cc1cccc(NC(=O)NCCCn2cnc3ccccc32)c1. The highest BCUT2D eigenvalue weighted by molar-refractivity contribution is 5.89. The van der Waals surface area contributed by atoms with Crippen LogP contribution < -0.4 is 10.6 Å². The van der Waals surface area contributed by atoms with E-state index in [9.17, 15) is 4.79 Å². The lowest BCUT2D eigenvalue weighted by atomic mass is 10.2. The molecular weight excluding hydrogens is 288 g/mol. The van der Waals surface area contributed by atoms with E-state index in [1.54, 1.807) is 0 Å². The third kappa shape index (κ3) is 3.88. The summed E-state index contributed by atoms with van der Waals surface area (Å²) in [6, 6.07) is 15.6. The van der Waals surface area contributed by atoms with Crippen LogP contribution in [0.25, 0.3) is 11.0 Å². The van der Waals surface area contributed by atoms with Gasteiger partial charge in [-0.25, -0.2) is 9.78 Å². The highest BCUT2D eigenvalue weighted by Crippen LogP contribution is 2.12. The molecule has 5 heteroatoms. The summed E-state index contributed by atoms with van der Waals surface area (Å²) in [5, 5.41) is 5.71. The maximum Gasteiger partial charge on any atom is 0.319 e. The Hall–Kier alpha value is -2.82. The van der Waals surface area contributed by atoms with E-state index in [0.29, 0.717) is 6.54 Å². The van der Waals surface area contributed by atoms with Crippen molar-refractivity contribution in [3.63, 3.8) is 0 Å². The van der Waals surface area contributed by atoms with E-state index < -0.39 is 0 Å². The van der Waals surface area contributed by atoms with E-state index in [1.165, 1.54) is 0 Å². The Balaban J connectivity index is 1.45. The highest BCUT2D eigenvalue weighted by Gasteiger charge is 2.03. The zero-order chi connectivity index (χ0) is 16.1. The van der Waals surface area contributed by atoms with Crippen LogP contribution in [0.2, 0.25) is 0 Å². The fourth-order valence-electron chi connectivity index (χ4n) is 2.54. The first-order valence-electron chi connectivity index (χ1n) is 7.74. The van der Waals surface area contributed by atoms with E-state index in [2.05, 4.69) is 26.3 Å². The van der Waals surface area contributed by atoms with Crippen LogP contribution in [0.15, 0.2) is 54.9 Å². The van der Waals surface area contributed by atoms with E-state index in [1.807, 2.05) is 55.7 Å². The minimum atomic E-state index is -0.175. The summed E-state index contributed by atoms with van der Waals surface area (Å²) >= 11 is 0. The number of amides is 2. The highest BCUT2D eigenvalue weighted by atomic mass is 16.2. The van der Waals surface area contributed by atoms with Crippen molar-refractivity contribution in [1.29, 1.82) is 0 Å². The Morgan fingerprint density at radius 2 is 2.04 bits per heavy atom. The number of aryl methyl sites for hydroxylation is 2. The summed E-state index contributed by atoms with van der Waals surface area (Å²) in [6.45, 7) is 3.44. The monoisotopic (exact) mass is 308 g/mol. The molecular formula is C18H20N4O. The number of fused-ring (bicyclic) bond motifs is 1. The number of anilines is 1. The number of nitrogens with zero attached hydrogens (tertiary/aromatic N) is 2. The van der Waals surface area contributed by atoms with Gasteiger partial charge in [0.15, 0.2) is 0 Å². The van der Waals surface area contributed by atoms with Crippen molar-refractivity contribution in [3.05, 3.63) is 60.4 Å². The predicted octanol–water partition coefficient (Wildman–Crippen LogP) is 3.56. The Morgan fingerprint density at radius 3 is 2.91 bits per heavy atom. The van der Waals surface area contributed by atoms with Crippen LogP contribution in [0.1, 0.15) is 12.0 Å². The van der Waals surface area contributed by atoms with Crippen molar-refractivity contribution in [1.82, 2.24) is 14.9 Å². The molecule has 0 fully saturated rings. The van der Waals surface area contributed by atoms with Gasteiger partial charge in [-0.1, -0.05) is 24.3 Å². The van der Waals surface area contributed by atoms with Crippen LogP contribution in [0.3, 0.4) is 0 Å². The van der Waals surface area contributed by atoms with Gasteiger partial charge in [0, 0.05) is 18.8 Å². The Bertz CT molecular complexity index is 809. The van der Waals surface area contributed by atoms with E-state index in [4.69, 9.17) is 0 Å². The zero-order valence-corrected chi connectivity index (χ0v) is 13.1. The maximum absolute atomic E-state index is 11.9. The average molecular weight is 308 g/mol. The Morgan fingerprint density at radius 1 is 1.17 bits per heavy atom. The molecule has 2 N–H and O–H groups in total. The van der Waals surface area contributed by atoms with Gasteiger partial charge in [-0.15, -0.1) is 0 Å². The first kappa shape index (κ1) is 15.1. The molecule has 0 aliphatic carbocycles. The molecule has 5 nitrogen and oxygen atoms in total. The average Bonchev–Trinajstić information content (AvgIpc) is 2.95. The number of hydrogen-bond donors (Lipinski definition) is 2. The quantitative estimate of drug-likeness (QED) is 0.708. The lowest BCUT2D eigenvalue weighted by Crippen LogP contribution is -2.30. The van der Waals surface area contributed by atoms with Gasteiger partial charge in [-0.2, -0.15) is 0 Å². The second-order valence-electron chi connectivity index (χ2n) is 5.53. The van der Waals surface area contributed by atoms with Gasteiger partial charge in [0.25, 0.3) is 0 Å². The molecule has 0 atom stereocenters.